The first-order valence-electron chi connectivity index (χ1n) is 6.93. The van der Waals surface area contributed by atoms with Gasteiger partial charge in [-0.1, -0.05) is 31.9 Å². The lowest BCUT2D eigenvalue weighted by Gasteiger charge is -2.29. The molecule has 1 nitrogen and oxygen atoms in total. The summed E-state index contributed by atoms with van der Waals surface area (Å²) in [4.78, 5) is 0. The molecule has 0 N–H and O–H groups in total. The van der Waals surface area contributed by atoms with Crippen molar-refractivity contribution in [1.82, 2.24) is 0 Å². The van der Waals surface area contributed by atoms with Crippen LogP contribution in [0.4, 0.5) is 0 Å². The van der Waals surface area contributed by atoms with Gasteiger partial charge in [-0.15, -0.1) is 0 Å². The van der Waals surface area contributed by atoms with Crippen molar-refractivity contribution >= 4 is 0 Å². The molecule has 0 aromatic heterocycles. The zero-order valence-electron chi connectivity index (χ0n) is 11.3. The molecule has 1 saturated carbocycles. The fourth-order valence-electron chi connectivity index (χ4n) is 2.75. The van der Waals surface area contributed by atoms with Crippen molar-refractivity contribution in [3.05, 3.63) is 29.3 Å². The van der Waals surface area contributed by atoms with Crippen LogP contribution in [0.5, 0.6) is 5.75 Å². The van der Waals surface area contributed by atoms with Crippen LogP contribution in [0.2, 0.25) is 0 Å². The van der Waals surface area contributed by atoms with E-state index >= 15 is 0 Å². The maximum absolute atomic E-state index is 6.20. The molecule has 1 aromatic rings. The summed E-state index contributed by atoms with van der Waals surface area (Å²) < 4.78 is 6.20. The Balaban J connectivity index is 2.02. The number of rotatable bonds is 3. The Morgan fingerprint density at radius 2 is 2.06 bits per heavy atom. The van der Waals surface area contributed by atoms with Gasteiger partial charge >= 0.3 is 0 Å². The highest BCUT2D eigenvalue weighted by Gasteiger charge is 2.22. The smallest absolute Gasteiger partial charge is 0.122 e. The minimum absolute atomic E-state index is 0.439. The number of aryl methyl sites for hydroxylation is 1. The highest BCUT2D eigenvalue weighted by Crippen LogP contribution is 2.31. The number of benzene rings is 1. The highest BCUT2D eigenvalue weighted by molar-refractivity contribution is 5.38. The van der Waals surface area contributed by atoms with Gasteiger partial charge in [-0.05, 0) is 56.2 Å². The first kappa shape index (κ1) is 12.5. The van der Waals surface area contributed by atoms with Crippen LogP contribution in [0.3, 0.4) is 0 Å². The molecule has 2 rings (SSSR count). The third kappa shape index (κ3) is 3.02. The van der Waals surface area contributed by atoms with Crippen LogP contribution < -0.4 is 4.74 Å². The second-order valence-corrected chi connectivity index (χ2v) is 5.38. The molecule has 2 atom stereocenters. The van der Waals surface area contributed by atoms with E-state index in [0.717, 1.165) is 11.7 Å². The first-order chi connectivity index (χ1) is 8.20. The van der Waals surface area contributed by atoms with Crippen molar-refractivity contribution in [2.24, 2.45) is 5.92 Å². The monoisotopic (exact) mass is 232 g/mol. The molecule has 0 aliphatic heterocycles. The lowest BCUT2D eigenvalue weighted by molar-refractivity contribution is 0.121. The number of ether oxygens (including phenoxy) is 1. The zero-order chi connectivity index (χ0) is 12.3. The Hall–Kier alpha value is -0.980. The van der Waals surface area contributed by atoms with E-state index in [1.807, 2.05) is 0 Å². The molecule has 1 aliphatic rings. The largest absolute Gasteiger partial charge is 0.490 e. The fraction of sp³-hybridized carbons (Fsp3) is 0.625. The second kappa shape index (κ2) is 5.57. The summed E-state index contributed by atoms with van der Waals surface area (Å²) in [7, 11) is 0. The minimum Gasteiger partial charge on any atom is -0.490 e. The summed E-state index contributed by atoms with van der Waals surface area (Å²) in [5.41, 5.74) is 2.62. The SMILES string of the molecule is CCC1CCCC(Oc2cccc(C)c2C)C1. The molecule has 17 heavy (non-hydrogen) atoms. The van der Waals surface area contributed by atoms with Gasteiger partial charge in [0.1, 0.15) is 5.75 Å². The van der Waals surface area contributed by atoms with Gasteiger partial charge in [-0.2, -0.15) is 0 Å². The quantitative estimate of drug-likeness (QED) is 0.737. The lowest BCUT2D eigenvalue weighted by Crippen LogP contribution is -2.25. The fourth-order valence-corrected chi connectivity index (χ4v) is 2.75. The number of hydrogen-bond donors (Lipinski definition) is 0. The Morgan fingerprint density at radius 3 is 2.82 bits per heavy atom. The standard InChI is InChI=1S/C16H24O/c1-4-14-8-6-9-15(11-14)17-16-10-5-7-12(2)13(16)3/h5,7,10,14-15H,4,6,8-9,11H2,1-3H3. The van der Waals surface area contributed by atoms with Crippen LogP contribution in [0.1, 0.15) is 50.2 Å². The van der Waals surface area contributed by atoms with E-state index in [4.69, 9.17) is 4.74 Å². The van der Waals surface area contributed by atoms with Gasteiger partial charge in [0.25, 0.3) is 0 Å². The molecule has 1 aromatic carbocycles. The van der Waals surface area contributed by atoms with E-state index in [1.54, 1.807) is 0 Å². The summed E-state index contributed by atoms with van der Waals surface area (Å²) in [6, 6.07) is 6.35. The Morgan fingerprint density at radius 1 is 1.24 bits per heavy atom. The molecule has 1 aliphatic carbocycles. The molecule has 1 heteroatoms. The molecule has 0 spiro atoms. The maximum atomic E-state index is 6.20. The Labute approximate surface area is 105 Å². The van der Waals surface area contributed by atoms with Crippen molar-refractivity contribution in [1.29, 1.82) is 0 Å². The molecule has 0 bridgehead atoms. The molecule has 2 unspecified atom stereocenters. The van der Waals surface area contributed by atoms with E-state index in [9.17, 15) is 0 Å². The molecule has 1 fully saturated rings. The van der Waals surface area contributed by atoms with Crippen molar-refractivity contribution in [2.45, 2.75) is 59.0 Å². The van der Waals surface area contributed by atoms with E-state index < -0.39 is 0 Å². The first-order valence-corrected chi connectivity index (χ1v) is 6.93. The van der Waals surface area contributed by atoms with Gasteiger partial charge in [0.15, 0.2) is 0 Å². The van der Waals surface area contributed by atoms with E-state index in [0.29, 0.717) is 6.10 Å². The molecule has 0 saturated heterocycles. The highest BCUT2D eigenvalue weighted by atomic mass is 16.5. The van der Waals surface area contributed by atoms with Gasteiger partial charge in [-0.3, -0.25) is 0 Å². The summed E-state index contributed by atoms with van der Waals surface area (Å²) in [6.07, 6.45) is 6.92. The molecular weight excluding hydrogens is 208 g/mol. The van der Waals surface area contributed by atoms with Gasteiger partial charge in [-0.25, -0.2) is 0 Å². The van der Waals surface area contributed by atoms with Crippen molar-refractivity contribution in [2.75, 3.05) is 0 Å². The average Bonchev–Trinajstić information content (AvgIpc) is 2.35. The second-order valence-electron chi connectivity index (χ2n) is 5.38. The molecule has 0 radical (unpaired) electrons. The average molecular weight is 232 g/mol. The van der Waals surface area contributed by atoms with Crippen molar-refractivity contribution < 1.29 is 4.74 Å². The van der Waals surface area contributed by atoms with Crippen LogP contribution in [-0.4, -0.2) is 6.10 Å². The normalized spacial score (nSPS) is 24.6. The summed E-state index contributed by atoms with van der Waals surface area (Å²) >= 11 is 0. The van der Waals surface area contributed by atoms with Crippen LogP contribution in [0.15, 0.2) is 18.2 Å². The molecule has 0 heterocycles. The molecular formula is C16H24O. The zero-order valence-corrected chi connectivity index (χ0v) is 11.3. The van der Waals surface area contributed by atoms with Gasteiger partial charge in [0.2, 0.25) is 0 Å². The Kier molecular flexibility index (Phi) is 4.09. The predicted octanol–water partition coefficient (Wildman–Crippen LogP) is 4.65. The molecule has 94 valence electrons. The lowest BCUT2D eigenvalue weighted by atomic mass is 9.85. The molecule has 0 amide bonds. The third-order valence-electron chi connectivity index (χ3n) is 4.16. The summed E-state index contributed by atoms with van der Waals surface area (Å²) in [5, 5.41) is 0. The summed E-state index contributed by atoms with van der Waals surface area (Å²) in [5.74, 6) is 1.96. The van der Waals surface area contributed by atoms with Crippen LogP contribution in [0, 0.1) is 19.8 Å². The Bertz CT molecular complexity index is 370. The van der Waals surface area contributed by atoms with Gasteiger partial charge in [0.05, 0.1) is 6.10 Å². The maximum Gasteiger partial charge on any atom is 0.122 e. The minimum atomic E-state index is 0.439. The van der Waals surface area contributed by atoms with E-state index in [2.05, 4.69) is 39.0 Å². The van der Waals surface area contributed by atoms with Crippen molar-refractivity contribution in [3.63, 3.8) is 0 Å². The predicted molar refractivity (Wildman–Crippen MR) is 72.6 cm³/mol. The topological polar surface area (TPSA) is 9.23 Å². The van der Waals surface area contributed by atoms with Gasteiger partial charge in [0, 0.05) is 0 Å². The van der Waals surface area contributed by atoms with Crippen molar-refractivity contribution in [3.8, 4) is 5.75 Å². The number of hydrogen-bond acceptors (Lipinski definition) is 1. The van der Waals surface area contributed by atoms with Crippen LogP contribution >= 0.6 is 0 Å². The van der Waals surface area contributed by atoms with Gasteiger partial charge < -0.3 is 4.74 Å². The van der Waals surface area contributed by atoms with Crippen LogP contribution in [-0.2, 0) is 0 Å². The van der Waals surface area contributed by atoms with E-state index in [1.165, 1.54) is 43.2 Å². The van der Waals surface area contributed by atoms with Crippen LogP contribution in [0.25, 0.3) is 0 Å². The van der Waals surface area contributed by atoms with E-state index in [-0.39, 0.29) is 0 Å². The third-order valence-corrected chi connectivity index (χ3v) is 4.16. The summed E-state index contributed by atoms with van der Waals surface area (Å²) in [6.45, 7) is 6.60.